The summed E-state index contributed by atoms with van der Waals surface area (Å²) in [5.74, 6) is 0.232. The van der Waals surface area contributed by atoms with Crippen molar-refractivity contribution in [3.8, 4) is 0 Å². The summed E-state index contributed by atoms with van der Waals surface area (Å²) in [6.07, 6.45) is 0.740. The lowest BCUT2D eigenvalue weighted by Gasteiger charge is -2.22. The van der Waals surface area contributed by atoms with E-state index in [4.69, 9.17) is 0 Å². The molecule has 1 N–H and O–H groups in total. The maximum atomic E-state index is 11.8. The zero-order chi connectivity index (χ0) is 12.6. The van der Waals surface area contributed by atoms with E-state index in [9.17, 15) is 13.5 Å². The number of hydrogen-bond donors (Lipinski definition) is 1. The van der Waals surface area contributed by atoms with E-state index in [1.54, 1.807) is 37.2 Å². The highest BCUT2D eigenvalue weighted by Gasteiger charge is 2.24. The lowest BCUT2D eigenvalue weighted by Crippen LogP contribution is -2.21. The third-order valence-corrected chi connectivity index (χ3v) is 4.96. The van der Waals surface area contributed by atoms with Crippen LogP contribution in [0.15, 0.2) is 23.1 Å². The van der Waals surface area contributed by atoms with Gasteiger partial charge in [-0.2, -0.15) is 0 Å². The third-order valence-electron chi connectivity index (χ3n) is 3.07. The molecule has 0 spiro atoms. The monoisotopic (exact) mass is 255 g/mol. The van der Waals surface area contributed by atoms with Gasteiger partial charge in [-0.3, -0.25) is 4.90 Å². The number of aryl methyl sites for hydroxylation is 1. The Kier molecular flexibility index (Phi) is 3.25. The Morgan fingerprint density at radius 1 is 1.35 bits per heavy atom. The molecule has 0 aromatic heterocycles. The second kappa shape index (κ2) is 4.40. The van der Waals surface area contributed by atoms with Gasteiger partial charge in [0.15, 0.2) is 9.84 Å². The van der Waals surface area contributed by atoms with Crippen LogP contribution in [0.5, 0.6) is 0 Å². The van der Waals surface area contributed by atoms with Crippen molar-refractivity contribution in [2.45, 2.75) is 24.0 Å². The van der Waals surface area contributed by atoms with E-state index in [0.717, 1.165) is 17.5 Å². The lowest BCUT2D eigenvalue weighted by molar-refractivity contribution is 0.0394. The van der Waals surface area contributed by atoms with Crippen LogP contribution in [0.4, 0.5) is 0 Å². The Bertz CT molecular complexity index is 523. The van der Waals surface area contributed by atoms with Crippen LogP contribution in [0.3, 0.4) is 0 Å². The first-order valence-corrected chi connectivity index (χ1v) is 7.27. The number of rotatable bonds is 2. The fourth-order valence-electron chi connectivity index (χ4n) is 2.12. The predicted molar refractivity (Wildman–Crippen MR) is 65.5 cm³/mol. The Morgan fingerprint density at radius 2 is 2.06 bits per heavy atom. The van der Waals surface area contributed by atoms with E-state index in [1.807, 2.05) is 0 Å². The van der Waals surface area contributed by atoms with Gasteiger partial charge in [-0.1, -0.05) is 12.1 Å². The number of nitrogens with zero attached hydrogens (tertiary/aromatic N) is 1. The van der Waals surface area contributed by atoms with Crippen molar-refractivity contribution in [2.24, 2.45) is 0 Å². The van der Waals surface area contributed by atoms with Gasteiger partial charge in [0.05, 0.1) is 10.6 Å². The molecule has 2 rings (SSSR count). The summed E-state index contributed by atoms with van der Waals surface area (Å²) < 4.78 is 23.6. The van der Waals surface area contributed by atoms with Gasteiger partial charge in [-0.05, 0) is 44.1 Å². The zero-order valence-electron chi connectivity index (χ0n) is 10.0. The van der Waals surface area contributed by atoms with Gasteiger partial charge in [-0.15, -0.1) is 0 Å². The predicted octanol–water partition coefficient (Wildman–Crippen LogP) is 0.959. The van der Waals surface area contributed by atoms with Crippen LogP contribution < -0.4 is 0 Å². The number of fused-ring (bicyclic) bond motifs is 1. The molecule has 0 bridgehead atoms. The van der Waals surface area contributed by atoms with Gasteiger partial charge in [0, 0.05) is 0 Å². The average molecular weight is 255 g/mol. The van der Waals surface area contributed by atoms with Gasteiger partial charge in [0.25, 0.3) is 0 Å². The molecule has 0 saturated heterocycles. The van der Waals surface area contributed by atoms with Crippen molar-refractivity contribution < 1.29 is 13.5 Å². The Hall–Kier alpha value is -0.910. The summed E-state index contributed by atoms with van der Waals surface area (Å²) in [6.45, 7) is 0. The number of aliphatic hydroxyl groups excluding tert-OH is 1. The minimum atomic E-state index is -3.10. The summed E-state index contributed by atoms with van der Waals surface area (Å²) in [4.78, 5) is 2.11. The summed E-state index contributed by atoms with van der Waals surface area (Å²) >= 11 is 0. The van der Waals surface area contributed by atoms with Gasteiger partial charge in [0.1, 0.15) is 6.23 Å². The molecule has 0 aliphatic carbocycles. The highest BCUT2D eigenvalue weighted by Crippen LogP contribution is 2.28. The van der Waals surface area contributed by atoms with Crippen molar-refractivity contribution in [1.29, 1.82) is 0 Å². The lowest BCUT2D eigenvalue weighted by atomic mass is 10.1. The average Bonchev–Trinajstić information content (AvgIpc) is 2.27. The van der Waals surface area contributed by atoms with Crippen molar-refractivity contribution in [1.82, 2.24) is 4.90 Å². The van der Waals surface area contributed by atoms with E-state index in [-0.39, 0.29) is 5.75 Å². The molecule has 1 aliphatic heterocycles. The van der Waals surface area contributed by atoms with Gasteiger partial charge >= 0.3 is 0 Å². The standard InChI is InChI=1S/C12H17NO3S/c1-13(2)12(14)10-5-6-11-9(8-10)4-3-7-17(11,15)16/h5-6,8,12,14H,3-4,7H2,1-2H3. The second-order valence-electron chi connectivity index (χ2n) is 4.63. The third kappa shape index (κ3) is 2.36. The molecule has 1 aromatic carbocycles. The van der Waals surface area contributed by atoms with E-state index in [1.165, 1.54) is 0 Å². The zero-order valence-corrected chi connectivity index (χ0v) is 10.9. The topological polar surface area (TPSA) is 57.6 Å². The highest BCUT2D eigenvalue weighted by molar-refractivity contribution is 7.91. The quantitative estimate of drug-likeness (QED) is 0.800. The number of benzene rings is 1. The number of hydrogen-bond acceptors (Lipinski definition) is 4. The van der Waals surface area contributed by atoms with E-state index >= 15 is 0 Å². The molecule has 1 aromatic rings. The number of sulfone groups is 1. The van der Waals surface area contributed by atoms with Crippen molar-refractivity contribution >= 4 is 9.84 Å². The first-order valence-electron chi connectivity index (χ1n) is 5.62. The molecule has 1 heterocycles. The largest absolute Gasteiger partial charge is 0.374 e. The Labute approximate surface area is 102 Å². The minimum Gasteiger partial charge on any atom is -0.374 e. The molecule has 5 heteroatoms. The Balaban J connectivity index is 2.45. The summed E-state index contributed by atoms with van der Waals surface area (Å²) in [7, 11) is 0.457. The van der Waals surface area contributed by atoms with E-state index in [2.05, 4.69) is 0 Å². The molecule has 0 fully saturated rings. The van der Waals surface area contributed by atoms with Crippen LogP contribution in [0.25, 0.3) is 0 Å². The van der Waals surface area contributed by atoms with Gasteiger partial charge < -0.3 is 5.11 Å². The van der Waals surface area contributed by atoms with Crippen LogP contribution in [0.2, 0.25) is 0 Å². The van der Waals surface area contributed by atoms with Crippen LogP contribution in [-0.4, -0.2) is 38.3 Å². The summed E-state index contributed by atoms with van der Waals surface area (Å²) in [5, 5.41) is 9.91. The highest BCUT2D eigenvalue weighted by atomic mass is 32.2. The fourth-order valence-corrected chi connectivity index (χ4v) is 3.70. The first-order chi connectivity index (χ1) is 7.92. The van der Waals surface area contributed by atoms with Crippen molar-refractivity contribution in [3.63, 3.8) is 0 Å². The first kappa shape index (κ1) is 12.5. The molecule has 94 valence electrons. The fraction of sp³-hybridized carbons (Fsp3) is 0.500. The van der Waals surface area contributed by atoms with Crippen LogP contribution in [-0.2, 0) is 16.3 Å². The molecule has 1 aliphatic rings. The molecule has 17 heavy (non-hydrogen) atoms. The summed E-state index contributed by atoms with van der Waals surface area (Å²) in [5.41, 5.74) is 1.57. The molecular formula is C12H17NO3S. The van der Waals surface area contributed by atoms with Gasteiger partial charge in [0.2, 0.25) is 0 Å². The van der Waals surface area contributed by atoms with Crippen LogP contribution >= 0.6 is 0 Å². The normalized spacial score (nSPS) is 20.0. The van der Waals surface area contributed by atoms with E-state index < -0.39 is 16.1 Å². The van der Waals surface area contributed by atoms with Crippen molar-refractivity contribution in [2.75, 3.05) is 19.8 Å². The maximum absolute atomic E-state index is 11.8. The molecule has 0 amide bonds. The SMILES string of the molecule is CN(C)C(O)c1ccc2c(c1)CCCS2(=O)=O. The molecule has 0 radical (unpaired) electrons. The Morgan fingerprint density at radius 3 is 2.71 bits per heavy atom. The molecular weight excluding hydrogens is 238 g/mol. The number of aliphatic hydroxyl groups is 1. The maximum Gasteiger partial charge on any atom is 0.178 e. The smallest absolute Gasteiger partial charge is 0.178 e. The summed E-state index contributed by atoms with van der Waals surface area (Å²) in [6, 6.07) is 5.11. The van der Waals surface area contributed by atoms with Crippen molar-refractivity contribution in [3.05, 3.63) is 29.3 Å². The van der Waals surface area contributed by atoms with Crippen LogP contribution in [0.1, 0.15) is 23.8 Å². The molecule has 0 saturated carbocycles. The molecule has 1 unspecified atom stereocenters. The van der Waals surface area contributed by atoms with E-state index in [0.29, 0.717) is 11.3 Å². The minimum absolute atomic E-state index is 0.232. The second-order valence-corrected chi connectivity index (χ2v) is 6.70. The molecule has 4 nitrogen and oxygen atoms in total. The molecule has 1 atom stereocenters. The van der Waals surface area contributed by atoms with Gasteiger partial charge in [-0.25, -0.2) is 8.42 Å². The van der Waals surface area contributed by atoms with Crippen LogP contribution in [0, 0.1) is 0 Å².